The highest BCUT2D eigenvalue weighted by Crippen LogP contribution is 3.02. The van der Waals surface area contributed by atoms with Gasteiger partial charge in [-0.25, -0.2) is 4.79 Å². The molecule has 0 bridgehead atoms. The maximum absolute atomic E-state index is 12.5. The molecule has 1 aliphatic carbocycles. The van der Waals surface area contributed by atoms with E-state index in [2.05, 4.69) is 5.32 Å². The fourth-order valence-electron chi connectivity index (χ4n) is 1.92. The van der Waals surface area contributed by atoms with Crippen LogP contribution >= 0.6 is 10.2 Å². The van der Waals surface area contributed by atoms with Crippen LogP contribution in [0.3, 0.4) is 0 Å². The molecule has 4 nitrogen and oxygen atoms in total. The molecule has 21 heavy (non-hydrogen) atoms. The molecule has 0 radical (unpaired) electrons. The average Bonchev–Trinajstić information content (AvgIpc) is 2.23. The maximum Gasteiger partial charge on any atom is 0.404 e. The Bertz CT molecular complexity index is 553. The second kappa shape index (κ2) is 4.15. The van der Waals surface area contributed by atoms with Crippen molar-refractivity contribution in [3.8, 4) is 5.75 Å². The van der Waals surface area contributed by atoms with Gasteiger partial charge in [0.25, 0.3) is 0 Å². The van der Waals surface area contributed by atoms with Gasteiger partial charge >= 0.3 is 16.3 Å². The molecule has 2 N–H and O–H groups in total. The van der Waals surface area contributed by atoms with E-state index in [1.165, 1.54) is 0 Å². The lowest BCUT2D eigenvalue weighted by Crippen LogP contribution is -2.48. The molecule has 1 amide bonds. The van der Waals surface area contributed by atoms with Gasteiger partial charge in [0.05, 0.1) is 0 Å². The molecule has 0 spiro atoms. The highest BCUT2D eigenvalue weighted by Gasteiger charge is 2.65. The van der Waals surface area contributed by atoms with Gasteiger partial charge in [-0.05, 0) is 24.3 Å². The van der Waals surface area contributed by atoms with Gasteiger partial charge in [0.2, 0.25) is 0 Å². The van der Waals surface area contributed by atoms with E-state index >= 15 is 0 Å². The lowest BCUT2D eigenvalue weighted by Gasteiger charge is -2.40. The lowest BCUT2D eigenvalue weighted by atomic mass is 9.89. The average molecular weight is 333 g/mol. The molecule has 0 heterocycles. The fourth-order valence-corrected chi connectivity index (χ4v) is 2.57. The highest BCUT2D eigenvalue weighted by molar-refractivity contribution is 8.45. The van der Waals surface area contributed by atoms with Crippen molar-refractivity contribution in [1.29, 1.82) is 0 Å². The number of hydrogen-bond acceptors (Lipinski definition) is 2. The van der Waals surface area contributed by atoms with E-state index in [4.69, 9.17) is 9.84 Å². The number of halogens is 5. The van der Waals surface area contributed by atoms with E-state index in [0.29, 0.717) is 12.8 Å². The third kappa shape index (κ3) is 4.13. The van der Waals surface area contributed by atoms with E-state index in [1.807, 2.05) is 0 Å². The van der Waals surface area contributed by atoms with Gasteiger partial charge in [-0.2, -0.15) is 0 Å². The number of ether oxygens (including phenoxy) is 1. The molecule has 120 valence electrons. The quantitative estimate of drug-likeness (QED) is 0.797. The van der Waals surface area contributed by atoms with Crippen molar-refractivity contribution >= 4 is 16.3 Å². The molecule has 1 aliphatic rings. The first kappa shape index (κ1) is 15.7. The molecule has 0 saturated heterocycles. The molecular formula is C11H12F5NO3S. The minimum absolute atomic E-state index is 0.0272. The normalized spacial score (nSPS) is 25.2. The largest absolute Gasteiger partial charge is 0.490 e. The summed E-state index contributed by atoms with van der Waals surface area (Å²) in [6, 6.07) is 1.94. The van der Waals surface area contributed by atoms with E-state index < -0.39 is 21.2 Å². The molecule has 0 aliphatic heterocycles. The number of benzene rings is 1. The van der Waals surface area contributed by atoms with Crippen molar-refractivity contribution in [3.05, 3.63) is 24.3 Å². The van der Waals surface area contributed by atoms with Crippen LogP contribution in [0.4, 0.5) is 24.2 Å². The molecule has 2 rings (SSSR count). The monoisotopic (exact) mass is 333 g/mol. The summed E-state index contributed by atoms with van der Waals surface area (Å²) in [6.07, 6.45) is -0.781. The van der Waals surface area contributed by atoms with Gasteiger partial charge in [0, 0.05) is 18.9 Å². The number of carbonyl (C=O) groups is 1. The van der Waals surface area contributed by atoms with Crippen LogP contribution in [0.2, 0.25) is 0 Å². The predicted molar refractivity (Wildman–Crippen MR) is 66.4 cm³/mol. The Hall–Kier alpha value is -1.71. The SMILES string of the molecule is O=C(O)NC1CC(Oc2ccc(S(F)(F)(F)(F)F)cc2)C1. The standard InChI is InChI=1S/C11H12F5NO3S/c12-21(13,14,15,16)10-3-1-8(2-4-10)20-9-5-7(6-9)17-11(18)19/h1-4,7,9,17H,5-6H2,(H,18,19). The van der Waals surface area contributed by atoms with Gasteiger partial charge in [-0.15, -0.1) is 0 Å². The van der Waals surface area contributed by atoms with Crippen LogP contribution in [0.15, 0.2) is 29.2 Å². The van der Waals surface area contributed by atoms with Crippen molar-refractivity contribution in [2.45, 2.75) is 29.9 Å². The lowest BCUT2D eigenvalue weighted by molar-refractivity contribution is 0.0833. The summed E-state index contributed by atoms with van der Waals surface area (Å²) in [5.74, 6) is 0.0272. The van der Waals surface area contributed by atoms with Crippen molar-refractivity contribution in [2.75, 3.05) is 0 Å². The third-order valence-corrected chi connectivity index (χ3v) is 4.16. The highest BCUT2D eigenvalue weighted by atomic mass is 32.5. The number of amides is 1. The van der Waals surface area contributed by atoms with Gasteiger partial charge in [0.15, 0.2) is 0 Å². The zero-order valence-electron chi connectivity index (χ0n) is 10.4. The summed E-state index contributed by atoms with van der Waals surface area (Å²) >= 11 is 0. The van der Waals surface area contributed by atoms with Crippen LogP contribution in [-0.4, -0.2) is 23.3 Å². The minimum atomic E-state index is -9.65. The minimum Gasteiger partial charge on any atom is -0.490 e. The Morgan fingerprint density at radius 1 is 1.14 bits per heavy atom. The number of hydrogen-bond donors (Lipinski definition) is 2. The van der Waals surface area contributed by atoms with E-state index in [0.717, 1.165) is 12.1 Å². The fraction of sp³-hybridized carbons (Fsp3) is 0.364. The van der Waals surface area contributed by atoms with Crippen LogP contribution in [0.25, 0.3) is 0 Å². The van der Waals surface area contributed by atoms with Crippen molar-refractivity contribution in [1.82, 2.24) is 5.32 Å². The summed E-state index contributed by atoms with van der Waals surface area (Å²) < 4.78 is 67.7. The van der Waals surface area contributed by atoms with Crippen LogP contribution in [0, 0.1) is 0 Å². The van der Waals surface area contributed by atoms with Crippen LogP contribution in [0.5, 0.6) is 5.75 Å². The third-order valence-electron chi connectivity index (χ3n) is 2.99. The Morgan fingerprint density at radius 2 is 1.67 bits per heavy atom. The first-order chi connectivity index (χ1) is 9.33. The molecule has 1 fully saturated rings. The second-order valence-corrected chi connectivity index (χ2v) is 7.21. The Morgan fingerprint density at radius 3 is 2.10 bits per heavy atom. The van der Waals surface area contributed by atoms with Crippen molar-refractivity contribution in [2.24, 2.45) is 0 Å². The van der Waals surface area contributed by atoms with Crippen molar-refractivity contribution in [3.63, 3.8) is 0 Å². The molecule has 0 unspecified atom stereocenters. The number of carboxylic acid groups (broad SMARTS) is 1. The van der Waals surface area contributed by atoms with Crippen LogP contribution < -0.4 is 10.1 Å². The summed E-state index contributed by atoms with van der Waals surface area (Å²) in [5, 5.41) is 10.7. The van der Waals surface area contributed by atoms with Crippen LogP contribution in [0.1, 0.15) is 12.8 Å². The van der Waals surface area contributed by atoms with E-state index in [1.54, 1.807) is 0 Å². The van der Waals surface area contributed by atoms with E-state index in [-0.39, 0.29) is 30.0 Å². The predicted octanol–water partition coefficient (Wildman–Crippen LogP) is 4.52. The Balaban J connectivity index is 1.95. The van der Waals surface area contributed by atoms with Gasteiger partial charge in [-0.1, -0.05) is 19.4 Å². The second-order valence-electron chi connectivity index (χ2n) is 4.80. The Kier molecular flexibility index (Phi) is 3.10. The van der Waals surface area contributed by atoms with E-state index in [9.17, 15) is 24.2 Å². The zero-order valence-corrected chi connectivity index (χ0v) is 11.3. The topological polar surface area (TPSA) is 58.6 Å². The maximum atomic E-state index is 12.5. The summed E-state index contributed by atoms with van der Waals surface area (Å²) in [4.78, 5) is 8.36. The summed E-state index contributed by atoms with van der Waals surface area (Å²) in [5.41, 5.74) is 0. The molecule has 1 aromatic carbocycles. The van der Waals surface area contributed by atoms with Crippen molar-refractivity contribution < 1.29 is 34.1 Å². The zero-order chi connectivity index (χ0) is 16.0. The first-order valence-electron chi connectivity index (χ1n) is 5.84. The molecule has 10 heteroatoms. The number of nitrogens with one attached hydrogen (secondary N) is 1. The summed E-state index contributed by atoms with van der Waals surface area (Å²) in [7, 11) is -9.65. The number of rotatable bonds is 4. The molecular weight excluding hydrogens is 321 g/mol. The van der Waals surface area contributed by atoms with Gasteiger partial charge in [0.1, 0.15) is 16.7 Å². The van der Waals surface area contributed by atoms with Gasteiger partial charge in [-0.3, -0.25) is 0 Å². The molecule has 0 atom stereocenters. The van der Waals surface area contributed by atoms with Gasteiger partial charge < -0.3 is 15.2 Å². The van der Waals surface area contributed by atoms with Crippen LogP contribution in [-0.2, 0) is 0 Å². The first-order valence-corrected chi connectivity index (χ1v) is 7.79. The molecule has 0 aromatic heterocycles. The Labute approximate surface area is 116 Å². The molecule has 1 saturated carbocycles. The molecule has 1 aromatic rings. The summed E-state index contributed by atoms with van der Waals surface area (Å²) in [6.45, 7) is 0. The smallest absolute Gasteiger partial charge is 0.404 e.